The minimum Gasteiger partial charge on any atom is -0.481 e. The maximum Gasteiger partial charge on any atom is 0.306 e. The summed E-state index contributed by atoms with van der Waals surface area (Å²) in [6.45, 7) is 2.90. The first kappa shape index (κ1) is 35.0. The second-order valence-corrected chi connectivity index (χ2v) is 12.4. The molecule has 0 saturated carbocycles. The Balaban J connectivity index is 2.11. The Morgan fingerprint density at radius 3 is 1.84 bits per heavy atom. The van der Waals surface area contributed by atoms with Gasteiger partial charge in [-0.05, 0) is 43.6 Å². The number of rotatable bonds is 26. The molecule has 0 aliphatic heterocycles. The molecule has 1 atom stereocenters. The van der Waals surface area contributed by atoms with E-state index >= 15 is 0 Å². The number of hydrogen-bond acceptors (Lipinski definition) is 5. The summed E-state index contributed by atoms with van der Waals surface area (Å²) in [5.41, 5.74) is 2.67. The van der Waals surface area contributed by atoms with Crippen LogP contribution >= 0.6 is 11.8 Å². The van der Waals surface area contributed by atoms with Gasteiger partial charge >= 0.3 is 11.9 Å². The third kappa shape index (κ3) is 20.0. The van der Waals surface area contributed by atoms with Gasteiger partial charge in [-0.2, -0.15) is 11.8 Å². The first-order valence-corrected chi connectivity index (χ1v) is 17.0. The zero-order valence-electron chi connectivity index (χ0n) is 24.5. The molecule has 1 unspecified atom stereocenters. The van der Waals surface area contributed by atoms with Gasteiger partial charge in [0.25, 0.3) is 0 Å². The van der Waals surface area contributed by atoms with Crippen LogP contribution in [0.2, 0.25) is 0 Å². The molecule has 222 valence electrons. The predicted molar refractivity (Wildman–Crippen MR) is 161 cm³/mol. The van der Waals surface area contributed by atoms with Crippen LogP contribution in [0.4, 0.5) is 0 Å². The van der Waals surface area contributed by atoms with Gasteiger partial charge < -0.3 is 14.9 Å². The molecule has 6 heteroatoms. The molecule has 1 rings (SSSR count). The summed E-state index contributed by atoms with van der Waals surface area (Å²) in [5.74, 6) is 0.466. The lowest BCUT2D eigenvalue weighted by Crippen LogP contribution is -2.18. The molecule has 5 nitrogen and oxygen atoms in total. The van der Waals surface area contributed by atoms with Crippen molar-refractivity contribution < 1.29 is 24.5 Å². The second kappa shape index (κ2) is 25.0. The second-order valence-electron chi connectivity index (χ2n) is 11.2. The van der Waals surface area contributed by atoms with Crippen LogP contribution < -0.4 is 0 Å². The van der Waals surface area contributed by atoms with Crippen LogP contribution in [0.15, 0.2) is 11.1 Å². The van der Waals surface area contributed by atoms with Gasteiger partial charge in [0.1, 0.15) is 6.61 Å². The molecule has 1 aliphatic rings. The minimum atomic E-state index is -0.803. The molecular formula is C32H58O5S. The fourth-order valence-corrected chi connectivity index (χ4v) is 6.14. The SMILES string of the molecule is CCCCCCCCCCCCCCCCCCC1=C(COC(=O)CCSCCC(=O)O)CCC(CO)C1. The fraction of sp³-hybridized carbons (Fsp3) is 0.875. The largest absolute Gasteiger partial charge is 0.481 e. The number of hydrogen-bond donors (Lipinski definition) is 2. The highest BCUT2D eigenvalue weighted by atomic mass is 32.2. The number of carboxylic acids is 1. The molecule has 0 aromatic heterocycles. The Labute approximate surface area is 238 Å². The van der Waals surface area contributed by atoms with Crippen LogP contribution in [-0.2, 0) is 14.3 Å². The number of carbonyl (C=O) groups is 2. The number of esters is 1. The topological polar surface area (TPSA) is 83.8 Å². The third-order valence-electron chi connectivity index (χ3n) is 7.80. The number of carboxylic acid groups (broad SMARTS) is 1. The highest BCUT2D eigenvalue weighted by Gasteiger charge is 2.21. The van der Waals surface area contributed by atoms with Gasteiger partial charge in [-0.1, -0.05) is 109 Å². The van der Waals surface area contributed by atoms with Gasteiger partial charge in [-0.15, -0.1) is 0 Å². The average Bonchev–Trinajstić information content (AvgIpc) is 2.91. The van der Waals surface area contributed by atoms with E-state index in [1.807, 2.05) is 0 Å². The number of allylic oxidation sites excluding steroid dienone is 1. The van der Waals surface area contributed by atoms with E-state index in [0.717, 1.165) is 25.7 Å². The van der Waals surface area contributed by atoms with Crippen molar-refractivity contribution >= 4 is 23.7 Å². The van der Waals surface area contributed by atoms with Gasteiger partial charge in [0.15, 0.2) is 0 Å². The van der Waals surface area contributed by atoms with E-state index in [-0.39, 0.29) is 19.0 Å². The van der Waals surface area contributed by atoms with Gasteiger partial charge in [0, 0.05) is 18.1 Å². The van der Waals surface area contributed by atoms with E-state index in [0.29, 0.717) is 30.5 Å². The summed E-state index contributed by atoms with van der Waals surface area (Å²) >= 11 is 1.48. The number of thioether (sulfide) groups is 1. The van der Waals surface area contributed by atoms with Gasteiger partial charge in [-0.3, -0.25) is 9.59 Å². The van der Waals surface area contributed by atoms with E-state index in [2.05, 4.69) is 6.92 Å². The number of aliphatic hydroxyl groups excluding tert-OH is 1. The molecule has 0 spiro atoms. The molecule has 0 aromatic rings. The summed E-state index contributed by atoms with van der Waals surface area (Å²) in [6.07, 6.45) is 26.3. The first-order valence-electron chi connectivity index (χ1n) is 15.8. The lowest BCUT2D eigenvalue weighted by atomic mass is 9.82. The van der Waals surface area contributed by atoms with E-state index in [1.54, 1.807) is 0 Å². The maximum atomic E-state index is 12.1. The van der Waals surface area contributed by atoms with Crippen molar-refractivity contribution in [2.75, 3.05) is 24.7 Å². The predicted octanol–water partition coefficient (Wildman–Crippen LogP) is 8.87. The Kier molecular flexibility index (Phi) is 23.0. The first-order chi connectivity index (χ1) is 18.6. The van der Waals surface area contributed by atoms with Crippen molar-refractivity contribution in [1.82, 2.24) is 0 Å². The lowest BCUT2D eigenvalue weighted by Gasteiger charge is -2.26. The molecule has 2 N–H and O–H groups in total. The molecule has 0 aromatic carbocycles. The molecule has 0 radical (unpaired) electrons. The Bertz CT molecular complexity index is 633. The van der Waals surface area contributed by atoms with Crippen LogP contribution in [0.1, 0.15) is 148 Å². The Morgan fingerprint density at radius 1 is 0.789 bits per heavy atom. The number of aliphatic hydroxyl groups is 1. The molecule has 1 aliphatic carbocycles. The van der Waals surface area contributed by atoms with Crippen molar-refractivity contribution in [1.29, 1.82) is 0 Å². The zero-order valence-corrected chi connectivity index (χ0v) is 25.3. The third-order valence-corrected chi connectivity index (χ3v) is 8.78. The summed E-state index contributed by atoms with van der Waals surface area (Å²) in [7, 11) is 0. The molecule has 0 amide bonds. The Morgan fingerprint density at radius 2 is 1.32 bits per heavy atom. The summed E-state index contributed by atoms with van der Waals surface area (Å²) in [6, 6.07) is 0. The van der Waals surface area contributed by atoms with Gasteiger partial charge in [0.05, 0.1) is 12.8 Å². The van der Waals surface area contributed by atoms with Crippen LogP contribution in [0.3, 0.4) is 0 Å². The average molecular weight is 555 g/mol. The number of ether oxygens (including phenoxy) is 1. The van der Waals surface area contributed by atoms with Crippen molar-refractivity contribution in [3.05, 3.63) is 11.1 Å². The summed E-state index contributed by atoms with van der Waals surface area (Å²) < 4.78 is 5.55. The zero-order chi connectivity index (χ0) is 27.7. The minimum absolute atomic E-state index is 0.126. The van der Waals surface area contributed by atoms with E-state index < -0.39 is 5.97 Å². The molecule has 0 bridgehead atoms. The van der Waals surface area contributed by atoms with Crippen molar-refractivity contribution in [2.45, 2.75) is 148 Å². The lowest BCUT2D eigenvalue weighted by molar-refractivity contribution is -0.142. The van der Waals surface area contributed by atoms with Crippen LogP contribution in [-0.4, -0.2) is 46.9 Å². The summed E-state index contributed by atoms with van der Waals surface area (Å²) in [4.78, 5) is 22.7. The highest BCUT2D eigenvalue weighted by molar-refractivity contribution is 7.99. The molecule has 0 fully saturated rings. The van der Waals surface area contributed by atoms with Gasteiger partial charge in [0.2, 0.25) is 0 Å². The number of aliphatic carboxylic acids is 1. The highest BCUT2D eigenvalue weighted by Crippen LogP contribution is 2.32. The van der Waals surface area contributed by atoms with Crippen molar-refractivity contribution in [3.63, 3.8) is 0 Å². The summed E-state index contributed by atoms with van der Waals surface area (Å²) in [5, 5.41) is 18.3. The number of carbonyl (C=O) groups excluding carboxylic acids is 1. The van der Waals surface area contributed by atoms with Crippen molar-refractivity contribution in [2.24, 2.45) is 5.92 Å². The maximum absolute atomic E-state index is 12.1. The van der Waals surface area contributed by atoms with Gasteiger partial charge in [-0.25, -0.2) is 0 Å². The number of unbranched alkanes of at least 4 members (excludes halogenated alkanes) is 15. The van der Waals surface area contributed by atoms with Crippen LogP contribution in [0.25, 0.3) is 0 Å². The molecular weight excluding hydrogens is 496 g/mol. The van der Waals surface area contributed by atoms with E-state index in [4.69, 9.17) is 9.84 Å². The quantitative estimate of drug-likeness (QED) is 0.0631. The Hall–Kier alpha value is -1.01. The normalized spacial score (nSPS) is 15.7. The standard InChI is InChI=1S/C32H58O5S/c1-2-3-4-5-6-7-8-9-10-11-12-13-14-15-16-17-18-29-25-28(26-33)19-20-30(29)27-37-32(36)22-24-38-23-21-31(34)35/h28,33H,2-27H2,1H3,(H,34,35). The fourth-order valence-electron chi connectivity index (χ4n) is 5.30. The van der Waals surface area contributed by atoms with E-state index in [1.165, 1.54) is 126 Å². The van der Waals surface area contributed by atoms with Crippen molar-refractivity contribution in [3.8, 4) is 0 Å². The monoisotopic (exact) mass is 554 g/mol. The van der Waals surface area contributed by atoms with Crippen LogP contribution in [0.5, 0.6) is 0 Å². The molecule has 38 heavy (non-hydrogen) atoms. The smallest absolute Gasteiger partial charge is 0.306 e. The molecule has 0 heterocycles. The molecule has 0 saturated heterocycles. The van der Waals surface area contributed by atoms with Crippen LogP contribution in [0, 0.1) is 5.92 Å². The van der Waals surface area contributed by atoms with E-state index in [9.17, 15) is 14.7 Å².